The maximum absolute atomic E-state index is 10.8. The molecule has 0 aliphatic heterocycles. The van der Waals surface area contributed by atoms with Crippen LogP contribution in [-0.2, 0) is 19.0 Å². The first-order valence-electron chi connectivity index (χ1n) is 23.6. The molecule has 0 aromatic rings. The van der Waals surface area contributed by atoms with E-state index in [1.807, 2.05) is 12.4 Å². The summed E-state index contributed by atoms with van der Waals surface area (Å²) >= 11 is 0. The molecule has 1 saturated carbocycles. The number of rotatable bonds is 39. The van der Waals surface area contributed by atoms with Crippen molar-refractivity contribution >= 4 is 6.29 Å². The van der Waals surface area contributed by atoms with Crippen molar-refractivity contribution in [1.82, 2.24) is 4.90 Å². The summed E-state index contributed by atoms with van der Waals surface area (Å²) in [4.78, 5) is 12.5. The van der Waals surface area contributed by atoms with Crippen molar-refractivity contribution in [2.75, 3.05) is 40.5 Å². The maximum Gasteiger partial charge on any atom is 2.00 e. The van der Waals surface area contributed by atoms with E-state index in [0.29, 0.717) is 19.6 Å². The minimum Gasteiger partial charge on any atom is -0.542 e. The van der Waals surface area contributed by atoms with Gasteiger partial charge in [-0.15, -0.1) is 6.42 Å². The van der Waals surface area contributed by atoms with Gasteiger partial charge in [0.15, 0.2) is 12.1 Å². The van der Waals surface area contributed by atoms with E-state index < -0.39 is 6.29 Å². The SMILES string of the molecule is CCCC/C=C\COC1(OCCCCCCCCCCC(CCCCCCCCC[C-]=O)C(O)OCCCN(C)C)CCCCC1.[CH2-]/C=C\CCCCCC.[U+2]. The molecule has 1 rings (SSSR count). The molecule has 0 aromatic heterocycles. The van der Waals surface area contributed by atoms with Gasteiger partial charge in [-0.1, -0.05) is 161 Å². The van der Waals surface area contributed by atoms with Gasteiger partial charge in [0.05, 0.1) is 19.8 Å². The van der Waals surface area contributed by atoms with E-state index >= 15 is 0 Å². The van der Waals surface area contributed by atoms with Crippen LogP contribution in [0.3, 0.4) is 0 Å². The number of carbonyl (C=O) groups excluding carboxylic acids is 1. The third kappa shape index (κ3) is 39.3. The Bertz CT molecular complexity index is 831. The van der Waals surface area contributed by atoms with Crippen molar-refractivity contribution in [1.29, 1.82) is 0 Å². The predicted molar refractivity (Wildman–Crippen MR) is 237 cm³/mol. The van der Waals surface area contributed by atoms with Gasteiger partial charge in [0.2, 0.25) is 0 Å². The molecule has 1 aliphatic carbocycles. The molecular weight excluding hydrogens is 921 g/mol. The van der Waals surface area contributed by atoms with E-state index in [1.165, 1.54) is 135 Å². The summed E-state index contributed by atoms with van der Waals surface area (Å²) in [5, 5.41) is 10.8. The van der Waals surface area contributed by atoms with Gasteiger partial charge in [-0.25, -0.2) is 19.1 Å². The summed E-state index contributed by atoms with van der Waals surface area (Å²) in [7, 11) is 4.15. The van der Waals surface area contributed by atoms with Gasteiger partial charge in [-0.05, 0) is 65.6 Å². The topological polar surface area (TPSA) is 68.2 Å². The van der Waals surface area contributed by atoms with Crippen molar-refractivity contribution < 1.29 is 55.2 Å². The third-order valence-electron chi connectivity index (χ3n) is 11.0. The van der Waals surface area contributed by atoms with Gasteiger partial charge in [-0.2, -0.15) is 6.42 Å². The molecule has 2 atom stereocenters. The molecule has 0 heterocycles. The first-order valence-corrected chi connectivity index (χ1v) is 23.6. The number of aliphatic hydroxyl groups excluding tert-OH is 1. The van der Waals surface area contributed by atoms with Crippen LogP contribution in [-0.4, -0.2) is 68.8 Å². The summed E-state index contributed by atoms with van der Waals surface area (Å²) in [5.41, 5.74) is 0. The van der Waals surface area contributed by atoms with E-state index in [2.05, 4.69) is 58.0 Å². The minimum absolute atomic E-state index is 0. The van der Waals surface area contributed by atoms with Gasteiger partial charge in [-0.3, -0.25) is 6.29 Å². The molecule has 7 heteroatoms. The summed E-state index contributed by atoms with van der Waals surface area (Å²) in [5.74, 6) is -0.0937. The van der Waals surface area contributed by atoms with Gasteiger partial charge in [0.1, 0.15) is 0 Å². The molecule has 328 valence electrons. The second-order valence-electron chi connectivity index (χ2n) is 16.5. The molecule has 0 bridgehead atoms. The zero-order chi connectivity index (χ0) is 40.3. The minimum atomic E-state index is -0.635. The zero-order valence-corrected chi connectivity index (χ0v) is 41.8. The Balaban J connectivity index is 0. The fourth-order valence-electron chi connectivity index (χ4n) is 7.40. The molecule has 2 unspecified atom stereocenters. The number of aliphatic hydroxyl groups is 1. The van der Waals surface area contributed by atoms with Crippen molar-refractivity contribution in [2.45, 2.75) is 231 Å². The van der Waals surface area contributed by atoms with Crippen molar-refractivity contribution in [3.63, 3.8) is 0 Å². The number of hydrogen-bond acceptors (Lipinski definition) is 6. The Kier molecular flexibility index (Phi) is 47.6. The largest absolute Gasteiger partial charge is 2.00 e. The molecule has 0 aromatic carbocycles. The van der Waals surface area contributed by atoms with Gasteiger partial charge in [0, 0.05) is 18.8 Å². The molecule has 1 fully saturated rings. The fourth-order valence-corrected chi connectivity index (χ4v) is 7.40. The Hall–Kier alpha value is -0.128. The van der Waals surface area contributed by atoms with E-state index in [0.717, 1.165) is 77.4 Å². The molecule has 6 nitrogen and oxygen atoms in total. The Morgan fingerprint density at radius 1 is 0.661 bits per heavy atom. The monoisotopic (exact) mass is 1010 g/mol. The maximum atomic E-state index is 10.8. The Labute approximate surface area is 373 Å². The van der Waals surface area contributed by atoms with Gasteiger partial charge < -0.3 is 29.0 Å². The summed E-state index contributed by atoms with van der Waals surface area (Å²) < 4.78 is 18.6. The molecule has 0 saturated heterocycles. The van der Waals surface area contributed by atoms with Gasteiger partial charge >= 0.3 is 31.1 Å². The van der Waals surface area contributed by atoms with Crippen LogP contribution in [0.4, 0.5) is 0 Å². The Morgan fingerprint density at radius 2 is 1.21 bits per heavy atom. The van der Waals surface area contributed by atoms with Crippen molar-refractivity contribution in [2.24, 2.45) is 5.92 Å². The van der Waals surface area contributed by atoms with Crippen LogP contribution >= 0.6 is 0 Å². The van der Waals surface area contributed by atoms with Crippen LogP contribution in [0, 0.1) is 44.0 Å². The fraction of sp³-hybridized carbons (Fsp3) is 0.878. The first kappa shape index (κ1) is 58.0. The van der Waals surface area contributed by atoms with Gasteiger partial charge in [0.25, 0.3) is 0 Å². The predicted octanol–water partition coefficient (Wildman–Crippen LogP) is 13.8. The summed E-state index contributed by atoms with van der Waals surface area (Å²) in [6.07, 6.45) is 47.7. The van der Waals surface area contributed by atoms with Crippen LogP contribution in [0.2, 0.25) is 0 Å². The number of nitrogens with zero attached hydrogens (tertiary/aromatic N) is 1. The van der Waals surface area contributed by atoms with Crippen LogP contribution < -0.4 is 0 Å². The standard InChI is InChI=1S/C40H76NO5.C9H17.U/c1-4-5-6-18-26-36-45-40(31-23-20-24-32-40)46-37-27-19-14-10-8-12-16-22-30-38(39(43)44-35-28-33-41(2)3)29-21-15-11-7-9-13-17-25-34-42;1-3-5-7-9-8-6-4-2;/h18,26,38-39,43H,4-17,19-25,27-33,35-37H2,1-3H3;3,5H,1,4,6-9H2,2H3;/q2*-1;+2/b26-18-;5-3-;. The molecule has 56 heavy (non-hydrogen) atoms. The van der Waals surface area contributed by atoms with Crippen LogP contribution in [0.5, 0.6) is 0 Å². The number of allylic oxidation sites excluding steroid dienone is 3. The van der Waals surface area contributed by atoms with Crippen LogP contribution in [0.25, 0.3) is 0 Å². The molecule has 1 N–H and O–H groups in total. The van der Waals surface area contributed by atoms with Crippen molar-refractivity contribution in [3.8, 4) is 0 Å². The van der Waals surface area contributed by atoms with E-state index in [4.69, 9.17) is 14.2 Å². The molecule has 0 radical (unpaired) electrons. The van der Waals surface area contributed by atoms with Crippen molar-refractivity contribution in [3.05, 3.63) is 31.2 Å². The Morgan fingerprint density at radius 3 is 1.79 bits per heavy atom. The van der Waals surface area contributed by atoms with Crippen LogP contribution in [0.1, 0.15) is 219 Å². The molecule has 0 spiro atoms. The number of unbranched alkanes of at least 4 members (excludes halogenated alkanes) is 20. The quantitative estimate of drug-likeness (QED) is 0.0286. The van der Waals surface area contributed by atoms with E-state index in [-0.39, 0.29) is 42.8 Å². The smallest absolute Gasteiger partial charge is 0.542 e. The number of ether oxygens (including phenoxy) is 3. The average molecular weight is 1010 g/mol. The molecule has 1 aliphatic rings. The second kappa shape index (κ2) is 45.9. The number of hydrogen-bond donors (Lipinski definition) is 1. The second-order valence-corrected chi connectivity index (χ2v) is 16.5. The van der Waals surface area contributed by atoms with E-state index in [9.17, 15) is 9.90 Å². The van der Waals surface area contributed by atoms with E-state index in [1.54, 1.807) is 0 Å². The normalized spacial score (nSPS) is 15.2. The molecule has 0 amide bonds. The summed E-state index contributed by atoms with van der Waals surface area (Å²) in [6, 6.07) is 0. The average Bonchev–Trinajstić information content (AvgIpc) is 3.19. The van der Waals surface area contributed by atoms with Crippen LogP contribution in [0.15, 0.2) is 24.3 Å². The molecular formula is C49H93NO5U. The summed E-state index contributed by atoms with van der Waals surface area (Å²) in [6.45, 7) is 11.2. The third-order valence-corrected chi connectivity index (χ3v) is 11.0. The zero-order valence-electron chi connectivity index (χ0n) is 37.7. The first-order chi connectivity index (χ1) is 26.9.